The normalized spacial score (nSPS) is 11.0. The molecule has 3 rings (SSSR count). The number of aromatic amines is 1. The van der Waals surface area contributed by atoms with Gasteiger partial charge in [-0.2, -0.15) is 0 Å². The molecule has 0 atom stereocenters. The topological polar surface area (TPSA) is 32.9 Å². The van der Waals surface area contributed by atoms with Crippen LogP contribution in [0.15, 0.2) is 30.3 Å². The van der Waals surface area contributed by atoms with Crippen molar-refractivity contribution in [1.29, 1.82) is 0 Å². The molecule has 0 spiro atoms. The van der Waals surface area contributed by atoms with Crippen LogP contribution in [0.2, 0.25) is 0 Å². The standard InChI is InChI=1S/C15H7F4NO/c16-7-4-11(18)13-9(6-21)15(20-12(13)5-7)8-2-1-3-10(17)14(8)19/h1-6,20H. The van der Waals surface area contributed by atoms with E-state index < -0.39 is 23.3 Å². The number of hydrogen-bond acceptors (Lipinski definition) is 1. The summed E-state index contributed by atoms with van der Waals surface area (Å²) in [6.45, 7) is 0. The first kappa shape index (κ1) is 13.4. The lowest BCUT2D eigenvalue weighted by Gasteiger charge is -2.02. The summed E-state index contributed by atoms with van der Waals surface area (Å²) in [6.07, 6.45) is 0.319. The Hall–Kier alpha value is -2.63. The highest BCUT2D eigenvalue weighted by Crippen LogP contribution is 2.33. The van der Waals surface area contributed by atoms with Gasteiger partial charge in [-0.1, -0.05) is 6.07 Å². The van der Waals surface area contributed by atoms with Gasteiger partial charge in [0.15, 0.2) is 17.9 Å². The summed E-state index contributed by atoms with van der Waals surface area (Å²) < 4.78 is 54.1. The molecule has 0 amide bonds. The molecule has 1 aromatic heterocycles. The quantitative estimate of drug-likeness (QED) is 0.557. The number of benzene rings is 2. The minimum Gasteiger partial charge on any atom is -0.354 e. The second-order valence-electron chi connectivity index (χ2n) is 4.44. The van der Waals surface area contributed by atoms with Crippen molar-refractivity contribution < 1.29 is 22.4 Å². The van der Waals surface area contributed by atoms with Gasteiger partial charge in [0, 0.05) is 17.0 Å². The molecule has 0 bridgehead atoms. The molecule has 6 heteroatoms. The van der Waals surface area contributed by atoms with Crippen molar-refractivity contribution >= 4 is 17.2 Å². The van der Waals surface area contributed by atoms with Gasteiger partial charge in [0.2, 0.25) is 0 Å². The Kier molecular flexibility index (Phi) is 3.01. The van der Waals surface area contributed by atoms with E-state index in [0.29, 0.717) is 12.4 Å². The summed E-state index contributed by atoms with van der Waals surface area (Å²) in [4.78, 5) is 13.8. The Morgan fingerprint density at radius 3 is 2.48 bits per heavy atom. The van der Waals surface area contributed by atoms with E-state index >= 15 is 0 Å². The van der Waals surface area contributed by atoms with Crippen molar-refractivity contribution in [2.75, 3.05) is 0 Å². The Morgan fingerprint density at radius 1 is 1.00 bits per heavy atom. The Balaban J connectivity index is 2.41. The van der Waals surface area contributed by atoms with Crippen LogP contribution in [0.3, 0.4) is 0 Å². The van der Waals surface area contributed by atoms with Crippen LogP contribution >= 0.6 is 0 Å². The fraction of sp³-hybridized carbons (Fsp3) is 0. The number of carbonyl (C=O) groups is 1. The number of hydrogen-bond donors (Lipinski definition) is 1. The average Bonchev–Trinajstić information content (AvgIpc) is 2.80. The fourth-order valence-corrected chi connectivity index (χ4v) is 2.30. The van der Waals surface area contributed by atoms with E-state index in [0.717, 1.165) is 12.1 Å². The zero-order valence-corrected chi connectivity index (χ0v) is 10.4. The first-order valence-electron chi connectivity index (χ1n) is 5.93. The molecular weight excluding hydrogens is 286 g/mol. The van der Waals surface area contributed by atoms with Gasteiger partial charge in [-0.3, -0.25) is 4.79 Å². The van der Waals surface area contributed by atoms with Crippen LogP contribution in [0.25, 0.3) is 22.2 Å². The van der Waals surface area contributed by atoms with E-state index in [2.05, 4.69) is 4.98 Å². The lowest BCUT2D eigenvalue weighted by molar-refractivity contribution is 0.112. The number of H-pyrrole nitrogens is 1. The highest BCUT2D eigenvalue weighted by Gasteiger charge is 2.20. The molecule has 2 nitrogen and oxygen atoms in total. The minimum absolute atomic E-state index is 0.00624. The molecule has 0 radical (unpaired) electrons. The zero-order chi connectivity index (χ0) is 15.1. The summed E-state index contributed by atoms with van der Waals surface area (Å²) >= 11 is 0. The number of aldehydes is 1. The van der Waals surface area contributed by atoms with Gasteiger partial charge in [0.05, 0.1) is 16.8 Å². The third-order valence-corrected chi connectivity index (χ3v) is 3.19. The first-order valence-corrected chi connectivity index (χ1v) is 5.93. The largest absolute Gasteiger partial charge is 0.354 e. The molecule has 21 heavy (non-hydrogen) atoms. The third-order valence-electron chi connectivity index (χ3n) is 3.19. The van der Waals surface area contributed by atoms with Gasteiger partial charge < -0.3 is 4.98 Å². The van der Waals surface area contributed by atoms with Crippen molar-refractivity contribution in [1.82, 2.24) is 4.98 Å². The lowest BCUT2D eigenvalue weighted by atomic mass is 10.1. The molecule has 0 aliphatic heterocycles. The van der Waals surface area contributed by atoms with Gasteiger partial charge >= 0.3 is 0 Å². The molecule has 0 saturated heterocycles. The maximum Gasteiger partial charge on any atom is 0.168 e. The summed E-state index contributed by atoms with van der Waals surface area (Å²) in [5.41, 5.74) is -0.519. The van der Waals surface area contributed by atoms with Gasteiger partial charge in [-0.15, -0.1) is 0 Å². The lowest BCUT2D eigenvalue weighted by Crippen LogP contribution is -1.92. The highest BCUT2D eigenvalue weighted by molar-refractivity contribution is 6.04. The molecule has 1 heterocycles. The van der Waals surface area contributed by atoms with Crippen molar-refractivity contribution in [2.24, 2.45) is 0 Å². The first-order chi connectivity index (χ1) is 10.0. The zero-order valence-electron chi connectivity index (χ0n) is 10.4. The minimum atomic E-state index is -1.17. The van der Waals surface area contributed by atoms with Gasteiger partial charge in [-0.25, -0.2) is 17.6 Å². The van der Waals surface area contributed by atoms with Crippen molar-refractivity contribution in [3.8, 4) is 11.3 Å². The molecule has 0 aliphatic rings. The number of fused-ring (bicyclic) bond motifs is 1. The van der Waals surface area contributed by atoms with Crippen LogP contribution in [-0.2, 0) is 0 Å². The maximum atomic E-state index is 13.8. The van der Waals surface area contributed by atoms with E-state index in [9.17, 15) is 22.4 Å². The van der Waals surface area contributed by atoms with Crippen LogP contribution in [0.5, 0.6) is 0 Å². The van der Waals surface area contributed by atoms with Gasteiger partial charge in [0.1, 0.15) is 11.6 Å². The van der Waals surface area contributed by atoms with Crippen LogP contribution in [0.4, 0.5) is 17.6 Å². The van der Waals surface area contributed by atoms with E-state index in [4.69, 9.17) is 0 Å². The molecule has 2 aromatic carbocycles. The van der Waals surface area contributed by atoms with E-state index in [1.807, 2.05) is 0 Å². The predicted octanol–water partition coefficient (Wildman–Crippen LogP) is 4.20. The van der Waals surface area contributed by atoms with Gasteiger partial charge in [-0.05, 0) is 18.2 Å². The second kappa shape index (κ2) is 4.73. The van der Waals surface area contributed by atoms with Crippen LogP contribution in [0.1, 0.15) is 10.4 Å². The molecular formula is C15H7F4NO. The highest BCUT2D eigenvalue weighted by atomic mass is 19.2. The van der Waals surface area contributed by atoms with E-state index in [1.165, 1.54) is 12.1 Å². The smallest absolute Gasteiger partial charge is 0.168 e. The predicted molar refractivity (Wildman–Crippen MR) is 69.0 cm³/mol. The molecule has 0 unspecified atom stereocenters. The SMILES string of the molecule is O=Cc1c(-c2cccc(F)c2F)[nH]c2cc(F)cc(F)c12. The third kappa shape index (κ3) is 1.99. The monoisotopic (exact) mass is 293 g/mol. The maximum absolute atomic E-state index is 13.8. The second-order valence-corrected chi connectivity index (χ2v) is 4.44. The number of carbonyl (C=O) groups excluding carboxylic acids is 1. The molecule has 0 fully saturated rings. The Bertz CT molecular complexity index is 870. The molecule has 0 saturated carbocycles. The summed E-state index contributed by atoms with van der Waals surface area (Å²) in [7, 11) is 0. The molecule has 106 valence electrons. The molecule has 0 aliphatic carbocycles. The average molecular weight is 293 g/mol. The van der Waals surface area contributed by atoms with Crippen LogP contribution in [0, 0.1) is 23.3 Å². The van der Waals surface area contributed by atoms with Gasteiger partial charge in [0.25, 0.3) is 0 Å². The Labute approximate surface area is 116 Å². The van der Waals surface area contributed by atoms with Crippen LogP contribution < -0.4 is 0 Å². The Morgan fingerprint density at radius 2 is 1.76 bits per heavy atom. The molecule has 1 N–H and O–H groups in total. The van der Waals surface area contributed by atoms with Crippen LogP contribution in [-0.4, -0.2) is 11.3 Å². The number of rotatable bonds is 2. The fourth-order valence-electron chi connectivity index (χ4n) is 2.30. The number of halogens is 4. The summed E-state index contributed by atoms with van der Waals surface area (Å²) in [6, 6.07) is 5.01. The summed E-state index contributed by atoms with van der Waals surface area (Å²) in [5.74, 6) is -4.07. The number of nitrogens with one attached hydrogen (secondary N) is 1. The van der Waals surface area contributed by atoms with Crippen molar-refractivity contribution in [2.45, 2.75) is 0 Å². The molecule has 3 aromatic rings. The van der Waals surface area contributed by atoms with E-state index in [1.54, 1.807) is 0 Å². The summed E-state index contributed by atoms with van der Waals surface area (Å²) in [5, 5.41) is -0.162. The van der Waals surface area contributed by atoms with Crippen molar-refractivity contribution in [3.05, 3.63) is 59.2 Å². The van der Waals surface area contributed by atoms with Crippen molar-refractivity contribution in [3.63, 3.8) is 0 Å². The number of aromatic nitrogens is 1. The van der Waals surface area contributed by atoms with E-state index in [-0.39, 0.29) is 27.7 Å².